The van der Waals surface area contributed by atoms with Gasteiger partial charge in [0.05, 0.1) is 17.0 Å². The number of rotatable bonds is 3. The van der Waals surface area contributed by atoms with E-state index >= 15 is 0 Å². The Balaban J connectivity index is 2.75. The highest BCUT2D eigenvalue weighted by Gasteiger charge is 2.44. The lowest BCUT2D eigenvalue weighted by molar-refractivity contribution is -0.145. The predicted molar refractivity (Wildman–Crippen MR) is 87.3 cm³/mol. The number of methoxy groups -OCH3 is 1. The second kappa shape index (κ2) is 5.99. The number of aliphatic carboxylic acids is 1. The molecule has 0 radical (unpaired) electrons. The van der Waals surface area contributed by atoms with Crippen LogP contribution in [0, 0.1) is 20.8 Å². The van der Waals surface area contributed by atoms with Crippen LogP contribution in [0.5, 0.6) is 5.75 Å². The van der Waals surface area contributed by atoms with Crippen molar-refractivity contribution in [2.45, 2.75) is 58.3 Å². The second-order valence-electron chi connectivity index (χ2n) is 6.05. The molecule has 0 spiro atoms. The van der Waals surface area contributed by atoms with Gasteiger partial charge < -0.3 is 9.84 Å². The number of hydrogen-bond donors (Lipinski definition) is 1. The minimum atomic E-state index is -0.744. The predicted octanol–water partition coefficient (Wildman–Crippen LogP) is 4.67. The first kappa shape index (κ1) is 16.3. The van der Waals surface area contributed by atoms with Gasteiger partial charge in [-0.15, -0.1) is 0 Å². The van der Waals surface area contributed by atoms with Crippen molar-refractivity contribution in [3.05, 3.63) is 26.7 Å². The Labute approximate surface area is 134 Å². The Morgan fingerprint density at radius 1 is 1.10 bits per heavy atom. The fourth-order valence-corrected chi connectivity index (χ4v) is 4.43. The van der Waals surface area contributed by atoms with Crippen molar-refractivity contribution in [2.75, 3.05) is 7.11 Å². The van der Waals surface area contributed by atoms with E-state index in [0.717, 1.165) is 64.6 Å². The molecule has 21 heavy (non-hydrogen) atoms. The van der Waals surface area contributed by atoms with Gasteiger partial charge in [0, 0.05) is 0 Å². The van der Waals surface area contributed by atoms with E-state index in [9.17, 15) is 9.90 Å². The van der Waals surface area contributed by atoms with Crippen LogP contribution in [-0.2, 0) is 10.2 Å². The molecule has 0 saturated heterocycles. The van der Waals surface area contributed by atoms with Crippen LogP contribution < -0.4 is 4.74 Å². The average molecular weight is 355 g/mol. The van der Waals surface area contributed by atoms with Crippen LogP contribution in [0.4, 0.5) is 0 Å². The highest BCUT2D eigenvalue weighted by molar-refractivity contribution is 9.10. The summed E-state index contributed by atoms with van der Waals surface area (Å²) in [5.41, 5.74) is 3.32. The molecule has 1 aliphatic carbocycles. The van der Waals surface area contributed by atoms with Crippen LogP contribution in [0.2, 0.25) is 0 Å². The minimum absolute atomic E-state index is 0.690. The zero-order chi connectivity index (χ0) is 15.8. The number of halogens is 1. The van der Waals surface area contributed by atoms with Crippen molar-refractivity contribution in [3.63, 3.8) is 0 Å². The number of hydrogen-bond acceptors (Lipinski definition) is 2. The molecule has 1 fully saturated rings. The zero-order valence-electron chi connectivity index (χ0n) is 13.2. The molecular formula is C17H23BrO3. The van der Waals surface area contributed by atoms with Crippen molar-refractivity contribution in [2.24, 2.45) is 0 Å². The first-order valence-electron chi connectivity index (χ1n) is 7.44. The number of carbonyl (C=O) groups is 1. The summed E-state index contributed by atoms with van der Waals surface area (Å²) in [6, 6.07) is 0. The van der Waals surface area contributed by atoms with Gasteiger partial charge >= 0.3 is 5.97 Å². The van der Waals surface area contributed by atoms with Crippen LogP contribution in [0.25, 0.3) is 0 Å². The Morgan fingerprint density at radius 2 is 1.67 bits per heavy atom. The topological polar surface area (TPSA) is 46.5 Å². The van der Waals surface area contributed by atoms with Crippen molar-refractivity contribution < 1.29 is 14.6 Å². The largest absolute Gasteiger partial charge is 0.495 e. The lowest BCUT2D eigenvalue weighted by Crippen LogP contribution is -2.39. The van der Waals surface area contributed by atoms with Gasteiger partial charge in [-0.2, -0.15) is 0 Å². The van der Waals surface area contributed by atoms with Crippen molar-refractivity contribution in [3.8, 4) is 5.75 Å². The first-order chi connectivity index (χ1) is 9.86. The molecule has 116 valence electrons. The number of carboxylic acid groups (broad SMARTS) is 1. The van der Waals surface area contributed by atoms with Crippen LogP contribution in [-0.4, -0.2) is 18.2 Å². The molecule has 0 aliphatic heterocycles. The Morgan fingerprint density at radius 3 is 2.14 bits per heavy atom. The Kier molecular flexibility index (Phi) is 4.66. The molecule has 0 aromatic heterocycles. The van der Waals surface area contributed by atoms with Crippen LogP contribution in [0.3, 0.4) is 0 Å². The summed E-state index contributed by atoms with van der Waals surface area (Å²) < 4.78 is 6.36. The van der Waals surface area contributed by atoms with Crippen molar-refractivity contribution in [1.29, 1.82) is 0 Å². The molecule has 0 heterocycles. The highest BCUT2D eigenvalue weighted by atomic mass is 79.9. The molecule has 1 saturated carbocycles. The molecule has 1 aromatic rings. The van der Waals surface area contributed by atoms with E-state index in [1.165, 1.54) is 0 Å². The molecule has 0 bridgehead atoms. The zero-order valence-corrected chi connectivity index (χ0v) is 14.8. The van der Waals surface area contributed by atoms with E-state index in [-0.39, 0.29) is 0 Å². The molecule has 4 heteroatoms. The lowest BCUT2D eigenvalue weighted by Gasteiger charge is -2.37. The third kappa shape index (κ3) is 2.48. The fraction of sp³-hybridized carbons (Fsp3) is 0.588. The number of ether oxygens (including phenoxy) is 1. The third-order valence-electron chi connectivity index (χ3n) is 4.98. The standard InChI is InChI=1S/C17H23BrO3/c1-10-11(2)15(21-4)14(18)12(3)13(10)17(16(19)20)8-6-5-7-9-17/h5-9H2,1-4H3,(H,19,20). The monoisotopic (exact) mass is 354 g/mol. The van der Waals surface area contributed by atoms with Gasteiger partial charge in [-0.05, 0) is 71.8 Å². The molecule has 1 aromatic carbocycles. The molecule has 0 unspecified atom stereocenters. The van der Waals surface area contributed by atoms with Gasteiger partial charge in [0.25, 0.3) is 0 Å². The van der Waals surface area contributed by atoms with E-state index in [2.05, 4.69) is 15.9 Å². The van der Waals surface area contributed by atoms with E-state index in [1.807, 2.05) is 20.8 Å². The lowest BCUT2D eigenvalue weighted by atomic mass is 9.66. The summed E-state index contributed by atoms with van der Waals surface area (Å²) in [6.07, 6.45) is 4.54. The van der Waals surface area contributed by atoms with E-state index in [1.54, 1.807) is 7.11 Å². The Hall–Kier alpha value is -1.03. The summed E-state index contributed by atoms with van der Waals surface area (Å²) >= 11 is 3.60. The van der Waals surface area contributed by atoms with E-state index in [4.69, 9.17) is 4.74 Å². The Bertz CT molecular complexity index is 543. The quantitative estimate of drug-likeness (QED) is 0.857. The van der Waals surface area contributed by atoms with Gasteiger partial charge in [0.1, 0.15) is 5.75 Å². The van der Waals surface area contributed by atoms with Crippen LogP contribution in [0.1, 0.15) is 54.4 Å². The van der Waals surface area contributed by atoms with Crippen LogP contribution in [0.15, 0.2) is 4.47 Å². The summed E-state index contributed by atoms with van der Waals surface area (Å²) in [4.78, 5) is 12.1. The maximum Gasteiger partial charge on any atom is 0.314 e. The molecule has 1 aliphatic rings. The minimum Gasteiger partial charge on any atom is -0.495 e. The first-order valence-corrected chi connectivity index (χ1v) is 8.23. The molecule has 0 amide bonds. The van der Waals surface area contributed by atoms with Gasteiger partial charge in [-0.1, -0.05) is 19.3 Å². The van der Waals surface area contributed by atoms with E-state index < -0.39 is 11.4 Å². The summed E-state index contributed by atoms with van der Waals surface area (Å²) in [5, 5.41) is 9.95. The molecular weight excluding hydrogens is 332 g/mol. The summed E-state index contributed by atoms with van der Waals surface area (Å²) in [7, 11) is 1.65. The highest BCUT2D eigenvalue weighted by Crippen LogP contribution is 2.47. The van der Waals surface area contributed by atoms with E-state index in [0.29, 0.717) is 0 Å². The van der Waals surface area contributed by atoms with Gasteiger partial charge in [0.2, 0.25) is 0 Å². The normalized spacial score (nSPS) is 17.6. The smallest absolute Gasteiger partial charge is 0.314 e. The number of benzene rings is 1. The van der Waals surface area contributed by atoms with Crippen LogP contribution >= 0.6 is 15.9 Å². The SMILES string of the molecule is COc1c(C)c(C)c(C2(C(=O)O)CCCCC2)c(C)c1Br. The molecule has 3 nitrogen and oxygen atoms in total. The van der Waals surface area contributed by atoms with Gasteiger partial charge in [-0.25, -0.2) is 0 Å². The summed E-state index contributed by atoms with van der Waals surface area (Å²) in [6.45, 7) is 6.01. The average Bonchev–Trinajstić information content (AvgIpc) is 2.47. The van der Waals surface area contributed by atoms with Gasteiger partial charge in [0.15, 0.2) is 0 Å². The molecule has 0 atom stereocenters. The molecule has 2 rings (SSSR count). The maximum absolute atomic E-state index is 12.1. The molecule has 1 N–H and O–H groups in total. The van der Waals surface area contributed by atoms with Gasteiger partial charge in [-0.3, -0.25) is 4.79 Å². The fourth-order valence-electron chi connectivity index (χ4n) is 3.77. The second-order valence-corrected chi connectivity index (χ2v) is 6.84. The number of carboxylic acids is 1. The third-order valence-corrected chi connectivity index (χ3v) is 5.94. The van der Waals surface area contributed by atoms with Crippen molar-refractivity contribution in [1.82, 2.24) is 0 Å². The maximum atomic E-state index is 12.1. The van der Waals surface area contributed by atoms with Crippen molar-refractivity contribution >= 4 is 21.9 Å². The summed E-state index contributed by atoms with van der Waals surface area (Å²) in [5.74, 6) is 0.120.